The number of hydrogen-bond acceptors (Lipinski definition) is 6. The third kappa shape index (κ3) is 3.01. The predicted molar refractivity (Wildman–Crippen MR) is 90.9 cm³/mol. The van der Waals surface area contributed by atoms with E-state index in [2.05, 4.69) is 10.3 Å². The molecule has 0 aliphatic carbocycles. The normalized spacial score (nSPS) is 10.5. The number of methoxy groups -OCH3 is 3. The van der Waals surface area contributed by atoms with Gasteiger partial charge in [-0.15, -0.1) is 0 Å². The molecule has 0 spiro atoms. The van der Waals surface area contributed by atoms with E-state index in [0.717, 1.165) is 0 Å². The third-order valence-corrected chi connectivity index (χ3v) is 3.63. The molecule has 2 N–H and O–H groups in total. The Kier molecular flexibility index (Phi) is 4.34. The van der Waals surface area contributed by atoms with Gasteiger partial charge in [0.1, 0.15) is 5.52 Å². The average molecular weight is 344 g/mol. The molecule has 0 saturated heterocycles. The van der Waals surface area contributed by atoms with Crippen molar-refractivity contribution in [2.45, 2.75) is 0 Å². The Morgan fingerprint density at radius 2 is 1.76 bits per heavy atom. The third-order valence-electron chi connectivity index (χ3n) is 3.63. The molecule has 0 fully saturated rings. The van der Waals surface area contributed by atoms with Crippen molar-refractivity contribution >= 4 is 22.7 Å². The highest BCUT2D eigenvalue weighted by Gasteiger charge is 2.18. The van der Waals surface area contributed by atoms with Crippen molar-refractivity contribution < 1.29 is 23.4 Å². The number of amides is 1. The van der Waals surface area contributed by atoms with E-state index in [1.165, 1.54) is 33.5 Å². The molecule has 0 unspecified atom stereocenters. The van der Waals surface area contributed by atoms with Crippen LogP contribution in [0.4, 0.5) is 5.69 Å². The molecule has 0 radical (unpaired) electrons. The lowest BCUT2D eigenvalue weighted by Crippen LogP contribution is -2.13. The summed E-state index contributed by atoms with van der Waals surface area (Å²) < 4.78 is 20.7. The molecular formula is C17H16N2O6. The topological polar surface area (TPSA) is 103 Å². The lowest BCUT2D eigenvalue weighted by Gasteiger charge is -2.14. The van der Waals surface area contributed by atoms with Crippen molar-refractivity contribution in [3.8, 4) is 17.2 Å². The van der Waals surface area contributed by atoms with Crippen LogP contribution >= 0.6 is 0 Å². The van der Waals surface area contributed by atoms with Gasteiger partial charge in [-0.1, -0.05) is 6.07 Å². The molecule has 1 amide bonds. The number of para-hydroxylation sites is 1. The molecule has 1 heterocycles. The van der Waals surface area contributed by atoms with Crippen LogP contribution < -0.4 is 25.3 Å². The Hall–Kier alpha value is -3.42. The molecule has 130 valence electrons. The zero-order valence-corrected chi connectivity index (χ0v) is 13.8. The first-order valence-electron chi connectivity index (χ1n) is 7.30. The molecule has 8 nitrogen and oxygen atoms in total. The number of H-pyrrole nitrogens is 1. The number of ether oxygens (including phenoxy) is 3. The second-order valence-corrected chi connectivity index (χ2v) is 5.06. The van der Waals surface area contributed by atoms with Crippen molar-refractivity contribution in [1.82, 2.24) is 4.98 Å². The van der Waals surface area contributed by atoms with Crippen molar-refractivity contribution in [1.29, 1.82) is 0 Å². The Balaban J connectivity index is 1.99. The number of oxazole rings is 1. The van der Waals surface area contributed by atoms with E-state index in [4.69, 9.17) is 18.6 Å². The van der Waals surface area contributed by atoms with E-state index in [1.54, 1.807) is 18.2 Å². The average Bonchev–Trinajstić information content (AvgIpc) is 3.01. The van der Waals surface area contributed by atoms with Gasteiger partial charge in [-0.2, -0.15) is 0 Å². The molecule has 3 aromatic rings. The number of nitrogens with one attached hydrogen (secondary N) is 2. The van der Waals surface area contributed by atoms with Gasteiger partial charge in [0.15, 0.2) is 17.1 Å². The van der Waals surface area contributed by atoms with E-state index in [-0.39, 0.29) is 0 Å². The van der Waals surface area contributed by atoms with Gasteiger partial charge in [0.2, 0.25) is 5.75 Å². The highest BCUT2D eigenvalue weighted by Crippen LogP contribution is 2.38. The maximum absolute atomic E-state index is 12.6. The number of anilines is 1. The van der Waals surface area contributed by atoms with Crippen LogP contribution in [0.1, 0.15) is 10.4 Å². The Morgan fingerprint density at radius 3 is 2.36 bits per heavy atom. The molecule has 8 heteroatoms. The number of hydrogen-bond donors (Lipinski definition) is 2. The minimum absolute atomic E-state index is 0.303. The second-order valence-electron chi connectivity index (χ2n) is 5.06. The first-order chi connectivity index (χ1) is 12.1. The molecule has 1 aromatic heterocycles. The van der Waals surface area contributed by atoms with Crippen LogP contribution in [0.3, 0.4) is 0 Å². The maximum Gasteiger partial charge on any atom is 0.417 e. The van der Waals surface area contributed by atoms with E-state index >= 15 is 0 Å². The van der Waals surface area contributed by atoms with Gasteiger partial charge >= 0.3 is 5.76 Å². The summed E-state index contributed by atoms with van der Waals surface area (Å²) in [6, 6.07) is 8.03. The molecular weight excluding hydrogens is 328 g/mol. The fourth-order valence-electron chi connectivity index (χ4n) is 2.48. The second kappa shape index (κ2) is 6.60. The maximum atomic E-state index is 12.6. The fraction of sp³-hybridized carbons (Fsp3) is 0.176. The van der Waals surface area contributed by atoms with Crippen LogP contribution in [0.5, 0.6) is 17.2 Å². The molecule has 0 bridgehead atoms. The highest BCUT2D eigenvalue weighted by molar-refractivity contribution is 6.08. The van der Waals surface area contributed by atoms with E-state index in [9.17, 15) is 9.59 Å². The molecule has 2 aromatic carbocycles. The van der Waals surface area contributed by atoms with E-state index in [1.807, 2.05) is 0 Å². The number of fused-ring (bicyclic) bond motifs is 1. The molecule has 0 aliphatic heterocycles. The summed E-state index contributed by atoms with van der Waals surface area (Å²) in [5.41, 5.74) is 1.49. The summed E-state index contributed by atoms with van der Waals surface area (Å²) in [5, 5.41) is 2.73. The summed E-state index contributed by atoms with van der Waals surface area (Å²) in [4.78, 5) is 26.5. The number of aromatic nitrogens is 1. The number of rotatable bonds is 5. The Bertz CT molecular complexity index is 963. The first kappa shape index (κ1) is 16.4. The first-order valence-corrected chi connectivity index (χ1v) is 7.30. The van der Waals surface area contributed by atoms with E-state index in [0.29, 0.717) is 39.6 Å². The van der Waals surface area contributed by atoms with E-state index < -0.39 is 11.7 Å². The van der Waals surface area contributed by atoms with Gasteiger partial charge in [-0.25, -0.2) is 4.79 Å². The van der Waals surface area contributed by atoms with Crippen LogP contribution in [0.15, 0.2) is 39.5 Å². The minimum atomic E-state index is -0.593. The monoisotopic (exact) mass is 344 g/mol. The molecule has 25 heavy (non-hydrogen) atoms. The van der Waals surface area contributed by atoms with Crippen LogP contribution in [-0.4, -0.2) is 32.2 Å². The van der Waals surface area contributed by atoms with Crippen LogP contribution in [0.2, 0.25) is 0 Å². The smallest absolute Gasteiger partial charge is 0.417 e. The number of aromatic amines is 1. The molecule has 3 rings (SSSR count). The molecule has 0 aliphatic rings. The van der Waals surface area contributed by atoms with Crippen LogP contribution in [0.25, 0.3) is 11.1 Å². The number of carbonyl (C=O) groups is 1. The van der Waals surface area contributed by atoms with Gasteiger partial charge in [0, 0.05) is 5.56 Å². The zero-order valence-electron chi connectivity index (χ0n) is 13.8. The summed E-state index contributed by atoms with van der Waals surface area (Å²) in [6.07, 6.45) is 0. The highest BCUT2D eigenvalue weighted by atomic mass is 16.5. The number of benzene rings is 2. The van der Waals surface area contributed by atoms with Gasteiger partial charge in [-0.05, 0) is 24.3 Å². The van der Waals surface area contributed by atoms with Crippen molar-refractivity contribution in [2.75, 3.05) is 26.6 Å². The van der Waals surface area contributed by atoms with Gasteiger partial charge in [0.25, 0.3) is 5.91 Å². The lowest BCUT2D eigenvalue weighted by atomic mass is 10.1. The largest absolute Gasteiger partial charge is 0.493 e. The summed E-state index contributed by atoms with van der Waals surface area (Å²) in [5.74, 6) is 0.116. The summed E-state index contributed by atoms with van der Waals surface area (Å²) >= 11 is 0. The van der Waals surface area contributed by atoms with Gasteiger partial charge in [-0.3, -0.25) is 9.78 Å². The van der Waals surface area contributed by atoms with Gasteiger partial charge < -0.3 is 23.9 Å². The SMILES string of the molecule is COc1cc(C(=O)Nc2cccc3oc(=O)[nH]c23)cc(OC)c1OC. The fourth-order valence-corrected chi connectivity index (χ4v) is 2.48. The quantitative estimate of drug-likeness (QED) is 0.737. The molecule has 0 atom stereocenters. The Labute approximate surface area is 142 Å². The van der Waals surface area contributed by atoms with Gasteiger partial charge in [0.05, 0.1) is 27.0 Å². The summed E-state index contributed by atoms with van der Waals surface area (Å²) in [7, 11) is 4.42. The lowest BCUT2D eigenvalue weighted by molar-refractivity contribution is 0.102. The van der Waals surface area contributed by atoms with Crippen molar-refractivity contribution in [2.24, 2.45) is 0 Å². The predicted octanol–water partition coefficient (Wildman–Crippen LogP) is 2.40. The van der Waals surface area contributed by atoms with Crippen molar-refractivity contribution in [3.05, 3.63) is 46.4 Å². The number of carbonyl (C=O) groups excluding carboxylic acids is 1. The minimum Gasteiger partial charge on any atom is -0.493 e. The zero-order chi connectivity index (χ0) is 18.0. The summed E-state index contributed by atoms with van der Waals surface area (Å²) in [6.45, 7) is 0. The standard InChI is InChI=1S/C17H16N2O6/c1-22-12-7-9(8-13(23-2)15(12)24-3)16(20)18-10-5-4-6-11-14(10)19-17(21)25-11/h4-8H,1-3H3,(H,18,20)(H,19,21). The molecule has 0 saturated carbocycles. The van der Waals surface area contributed by atoms with Crippen LogP contribution in [-0.2, 0) is 0 Å². The Morgan fingerprint density at radius 1 is 1.08 bits per heavy atom. The van der Waals surface area contributed by atoms with Crippen LogP contribution in [0, 0.1) is 0 Å². The van der Waals surface area contributed by atoms with Crippen molar-refractivity contribution in [3.63, 3.8) is 0 Å².